The number of hydrogen-bond acceptors (Lipinski definition) is 2. The molecule has 7 heteroatoms. The van der Waals surface area contributed by atoms with Gasteiger partial charge in [0.1, 0.15) is 0 Å². The molecule has 1 aliphatic heterocycles. The van der Waals surface area contributed by atoms with E-state index in [1.54, 1.807) is 0 Å². The van der Waals surface area contributed by atoms with Crippen molar-refractivity contribution in [1.29, 1.82) is 0 Å². The smallest absolute Gasteiger partial charge is 0.224 e. The van der Waals surface area contributed by atoms with Crippen LogP contribution < -0.4 is 0 Å². The maximum absolute atomic E-state index is 13.4. The van der Waals surface area contributed by atoms with Crippen molar-refractivity contribution >= 4 is 26.8 Å². The topological polar surface area (TPSA) is 34.1 Å². The Kier molecular flexibility index (Phi) is 4.25. The van der Waals surface area contributed by atoms with Crippen molar-refractivity contribution in [2.45, 2.75) is 27.8 Å². The van der Waals surface area contributed by atoms with E-state index in [1.165, 1.54) is 13.0 Å². The van der Waals surface area contributed by atoms with Gasteiger partial charge in [-0.3, -0.25) is 0 Å². The van der Waals surface area contributed by atoms with Crippen molar-refractivity contribution in [1.82, 2.24) is 0 Å². The average Bonchev–Trinajstić information content (AvgIpc) is 2.97. The van der Waals surface area contributed by atoms with Gasteiger partial charge in [0, 0.05) is 4.90 Å². The van der Waals surface area contributed by atoms with Crippen LogP contribution in [0.4, 0.5) is 13.2 Å². The van der Waals surface area contributed by atoms with E-state index in [1.807, 2.05) is 35.7 Å². The first-order chi connectivity index (χ1) is 11.2. The molecule has 128 valence electrons. The molecule has 2 aromatic carbocycles. The lowest BCUT2D eigenvalue weighted by molar-refractivity contribution is -0.140. The molecule has 1 aliphatic rings. The number of sulfone groups is 1. The first kappa shape index (κ1) is 17.1. The van der Waals surface area contributed by atoms with Crippen molar-refractivity contribution in [2.24, 2.45) is 0 Å². The molecule has 1 atom stereocenters. The van der Waals surface area contributed by atoms with Gasteiger partial charge < -0.3 is 0 Å². The standard InChI is InChI=1S/C17H15F3O2S2/c1-2-24(21,22)16-8-7-13(11-14(16)17(18,19)20)23-10-9-12-5-3-4-6-15(12)23/h3-11,23H,2H2,1H3. The second-order valence-electron chi connectivity index (χ2n) is 5.33. The van der Waals surface area contributed by atoms with Crippen LogP contribution in [0.2, 0.25) is 0 Å². The van der Waals surface area contributed by atoms with E-state index in [0.717, 1.165) is 22.6 Å². The lowest BCUT2D eigenvalue weighted by Gasteiger charge is -2.19. The third-order valence-corrected chi connectivity index (χ3v) is 7.86. The third-order valence-electron chi connectivity index (χ3n) is 3.86. The molecule has 0 amide bonds. The summed E-state index contributed by atoms with van der Waals surface area (Å²) in [5, 5.41) is 1.89. The van der Waals surface area contributed by atoms with Gasteiger partial charge in [0.15, 0.2) is 9.84 Å². The minimum Gasteiger partial charge on any atom is -0.224 e. The summed E-state index contributed by atoms with van der Waals surface area (Å²) >= 11 is 0. The largest absolute Gasteiger partial charge is 0.417 e. The highest BCUT2D eigenvalue weighted by molar-refractivity contribution is 8.20. The Labute approximate surface area is 141 Å². The van der Waals surface area contributed by atoms with Crippen LogP contribution in [0.25, 0.3) is 6.08 Å². The highest BCUT2D eigenvalue weighted by atomic mass is 32.2. The molecular weight excluding hydrogens is 357 g/mol. The van der Waals surface area contributed by atoms with Gasteiger partial charge in [-0.2, -0.15) is 24.1 Å². The highest BCUT2D eigenvalue weighted by Crippen LogP contribution is 2.53. The van der Waals surface area contributed by atoms with Crippen LogP contribution in [0.5, 0.6) is 0 Å². The minimum absolute atomic E-state index is 0.368. The molecule has 3 rings (SSSR count). The Morgan fingerprint density at radius 3 is 2.46 bits per heavy atom. The van der Waals surface area contributed by atoms with E-state index >= 15 is 0 Å². The van der Waals surface area contributed by atoms with E-state index < -0.39 is 37.4 Å². The fraction of sp³-hybridized carbons (Fsp3) is 0.176. The lowest BCUT2D eigenvalue weighted by Crippen LogP contribution is -2.14. The first-order valence-electron chi connectivity index (χ1n) is 7.24. The quantitative estimate of drug-likeness (QED) is 0.778. The van der Waals surface area contributed by atoms with E-state index in [2.05, 4.69) is 0 Å². The Morgan fingerprint density at radius 2 is 1.79 bits per heavy atom. The predicted octanol–water partition coefficient (Wildman–Crippen LogP) is 4.90. The molecule has 2 nitrogen and oxygen atoms in total. The summed E-state index contributed by atoms with van der Waals surface area (Å²) < 4.78 is 64.2. The molecule has 0 bridgehead atoms. The zero-order valence-electron chi connectivity index (χ0n) is 12.7. The van der Waals surface area contributed by atoms with Gasteiger partial charge in [-0.1, -0.05) is 25.1 Å². The molecule has 1 heterocycles. The van der Waals surface area contributed by atoms with Crippen LogP contribution in [-0.2, 0) is 16.0 Å². The van der Waals surface area contributed by atoms with Crippen molar-refractivity contribution in [3.8, 4) is 0 Å². The zero-order valence-corrected chi connectivity index (χ0v) is 14.4. The van der Waals surface area contributed by atoms with Crippen molar-refractivity contribution < 1.29 is 21.6 Å². The molecule has 0 fully saturated rings. The molecule has 0 radical (unpaired) electrons. The van der Waals surface area contributed by atoms with Crippen LogP contribution >= 0.6 is 10.9 Å². The molecule has 0 saturated heterocycles. The summed E-state index contributed by atoms with van der Waals surface area (Å²) in [6.45, 7) is 1.34. The van der Waals surface area contributed by atoms with Crippen LogP contribution in [0.3, 0.4) is 0 Å². The van der Waals surface area contributed by atoms with Gasteiger partial charge in [0.2, 0.25) is 0 Å². The molecule has 0 spiro atoms. The van der Waals surface area contributed by atoms with E-state index in [9.17, 15) is 21.6 Å². The Balaban J connectivity index is 2.15. The van der Waals surface area contributed by atoms with Crippen molar-refractivity contribution in [3.63, 3.8) is 0 Å². The molecular formula is C17H15F3O2S2. The number of thiol groups is 1. The van der Waals surface area contributed by atoms with Crippen LogP contribution in [0.1, 0.15) is 18.1 Å². The number of halogens is 3. The maximum atomic E-state index is 13.4. The normalized spacial score (nSPS) is 18.6. The Bertz CT molecular complexity index is 916. The molecule has 0 saturated carbocycles. The van der Waals surface area contributed by atoms with Gasteiger partial charge in [0.05, 0.1) is 16.2 Å². The molecule has 1 unspecified atom stereocenters. The monoisotopic (exact) mass is 372 g/mol. The molecule has 0 aliphatic carbocycles. The fourth-order valence-corrected chi connectivity index (χ4v) is 5.82. The molecule has 0 N–H and O–H groups in total. The Hall–Kier alpha value is -1.73. The summed E-state index contributed by atoms with van der Waals surface area (Å²) in [6.07, 6.45) is -2.82. The first-order valence-corrected chi connectivity index (χ1v) is 10.3. The van der Waals surface area contributed by atoms with E-state index in [4.69, 9.17) is 0 Å². The van der Waals surface area contributed by atoms with Gasteiger partial charge in [-0.15, -0.1) is 0 Å². The average molecular weight is 372 g/mol. The van der Waals surface area contributed by atoms with E-state index in [-0.39, 0.29) is 5.75 Å². The van der Waals surface area contributed by atoms with E-state index in [0.29, 0.717) is 4.90 Å². The molecule has 0 aromatic heterocycles. The lowest BCUT2D eigenvalue weighted by atomic mass is 10.2. The van der Waals surface area contributed by atoms with Crippen LogP contribution in [0, 0.1) is 0 Å². The summed E-state index contributed by atoms with van der Waals surface area (Å²) in [4.78, 5) is 0.827. The SMILES string of the molecule is CCS(=O)(=O)c1ccc([SH]2C=Cc3ccccc32)cc1C(F)(F)F. The number of benzene rings is 2. The minimum atomic E-state index is -4.72. The van der Waals surface area contributed by atoms with Crippen molar-refractivity contribution in [2.75, 3.05) is 5.75 Å². The maximum Gasteiger partial charge on any atom is 0.417 e. The highest BCUT2D eigenvalue weighted by Gasteiger charge is 2.37. The number of hydrogen-bond donors (Lipinski definition) is 1. The number of alkyl halides is 3. The van der Waals surface area contributed by atoms with Crippen LogP contribution in [0.15, 0.2) is 62.6 Å². The summed E-state index contributed by atoms with van der Waals surface area (Å²) in [7, 11) is -4.99. The fourth-order valence-electron chi connectivity index (χ4n) is 2.62. The second kappa shape index (κ2) is 5.97. The summed E-state index contributed by atoms with van der Waals surface area (Å²) in [5.41, 5.74) is -0.0930. The Morgan fingerprint density at radius 1 is 1.08 bits per heavy atom. The molecule has 24 heavy (non-hydrogen) atoms. The zero-order chi connectivity index (χ0) is 17.5. The van der Waals surface area contributed by atoms with Gasteiger partial charge in [-0.25, -0.2) is 8.42 Å². The van der Waals surface area contributed by atoms with Gasteiger partial charge >= 0.3 is 6.18 Å². The summed E-state index contributed by atoms with van der Waals surface area (Å²) in [6, 6.07) is 11.1. The van der Waals surface area contributed by atoms with Gasteiger partial charge in [-0.05, 0) is 46.2 Å². The summed E-state index contributed by atoms with van der Waals surface area (Å²) in [5.74, 6) is -0.368. The molecule has 2 aromatic rings. The van der Waals surface area contributed by atoms with Crippen LogP contribution in [-0.4, -0.2) is 14.2 Å². The second-order valence-corrected chi connectivity index (χ2v) is 9.61. The number of fused-ring (bicyclic) bond motifs is 1. The predicted molar refractivity (Wildman–Crippen MR) is 90.2 cm³/mol. The van der Waals surface area contributed by atoms with Crippen molar-refractivity contribution in [3.05, 3.63) is 59.0 Å². The van der Waals surface area contributed by atoms with Gasteiger partial charge in [0.25, 0.3) is 0 Å². The number of rotatable bonds is 3. The third kappa shape index (κ3) is 2.98.